The summed E-state index contributed by atoms with van der Waals surface area (Å²) in [6, 6.07) is 0. The maximum absolute atomic E-state index is 10.7. The fraction of sp³-hybridized carbons (Fsp3) is 0.769. The van der Waals surface area contributed by atoms with Gasteiger partial charge in [0.05, 0.1) is 22.0 Å². The molecule has 0 aromatic carbocycles. The Morgan fingerprint density at radius 3 is 2.83 bits per heavy atom. The Balaban J connectivity index is 2.15. The summed E-state index contributed by atoms with van der Waals surface area (Å²) in [6.45, 7) is 5.73. The van der Waals surface area contributed by atoms with Gasteiger partial charge in [-0.05, 0) is 33.2 Å². The van der Waals surface area contributed by atoms with E-state index in [4.69, 9.17) is 11.6 Å². The zero-order chi connectivity index (χ0) is 13.3. The minimum Gasteiger partial charge on any atom is -0.389 e. The van der Waals surface area contributed by atoms with E-state index in [-0.39, 0.29) is 5.92 Å². The summed E-state index contributed by atoms with van der Waals surface area (Å²) in [7, 11) is 1.88. The third kappa shape index (κ3) is 2.71. The number of hydrogen-bond acceptors (Lipinski definition) is 3. The second kappa shape index (κ2) is 5.19. The molecule has 0 amide bonds. The van der Waals surface area contributed by atoms with Gasteiger partial charge in [0.25, 0.3) is 0 Å². The predicted octanol–water partition coefficient (Wildman–Crippen LogP) is 1.68. The lowest BCUT2D eigenvalue weighted by Gasteiger charge is -2.36. The van der Waals surface area contributed by atoms with E-state index in [1.54, 1.807) is 4.68 Å². The van der Waals surface area contributed by atoms with Crippen LogP contribution >= 0.6 is 11.6 Å². The van der Waals surface area contributed by atoms with Crippen LogP contribution in [0.25, 0.3) is 0 Å². The molecule has 2 atom stereocenters. The van der Waals surface area contributed by atoms with Crippen molar-refractivity contribution in [3.8, 4) is 0 Å². The Labute approximate surface area is 113 Å². The van der Waals surface area contributed by atoms with Crippen LogP contribution in [0.4, 0.5) is 0 Å². The molecule has 0 spiro atoms. The number of nitrogens with zero attached hydrogens (tertiary/aromatic N) is 2. The molecule has 18 heavy (non-hydrogen) atoms. The zero-order valence-corrected chi connectivity index (χ0v) is 12.1. The van der Waals surface area contributed by atoms with Crippen molar-refractivity contribution in [1.29, 1.82) is 0 Å². The first kappa shape index (κ1) is 13.8. The summed E-state index contributed by atoms with van der Waals surface area (Å²) in [5.74, 6) is 0.275. The number of rotatable bonds is 3. The molecule has 1 aliphatic heterocycles. The summed E-state index contributed by atoms with van der Waals surface area (Å²) in [5, 5.41) is 19.0. The third-order valence-corrected chi connectivity index (χ3v) is 4.46. The van der Waals surface area contributed by atoms with E-state index in [1.807, 2.05) is 20.9 Å². The molecular formula is C13H22ClN3O. The lowest BCUT2D eigenvalue weighted by molar-refractivity contribution is -0.0116. The van der Waals surface area contributed by atoms with E-state index in [9.17, 15) is 5.11 Å². The normalized spacial score (nSPS) is 23.9. The number of halogens is 1. The van der Waals surface area contributed by atoms with E-state index < -0.39 is 5.60 Å². The van der Waals surface area contributed by atoms with Crippen LogP contribution in [-0.4, -0.2) is 33.6 Å². The Bertz CT molecular complexity index is 422. The van der Waals surface area contributed by atoms with E-state index in [0.29, 0.717) is 11.4 Å². The number of piperidine rings is 1. The second-order valence-corrected chi connectivity index (χ2v) is 5.92. The van der Waals surface area contributed by atoms with Gasteiger partial charge in [-0.2, -0.15) is 5.10 Å². The molecule has 102 valence electrons. The molecule has 4 nitrogen and oxygen atoms in total. The average Bonchev–Trinajstić information content (AvgIpc) is 2.57. The third-order valence-electron chi connectivity index (χ3n) is 3.96. The highest BCUT2D eigenvalue weighted by Gasteiger charge is 2.34. The number of aliphatic hydroxyl groups is 1. The van der Waals surface area contributed by atoms with Gasteiger partial charge >= 0.3 is 0 Å². The van der Waals surface area contributed by atoms with E-state index in [2.05, 4.69) is 10.4 Å². The summed E-state index contributed by atoms with van der Waals surface area (Å²) < 4.78 is 1.78. The first-order valence-corrected chi connectivity index (χ1v) is 6.90. The molecule has 1 aromatic heterocycles. The molecule has 0 saturated carbocycles. The van der Waals surface area contributed by atoms with Crippen LogP contribution in [0.15, 0.2) is 0 Å². The topological polar surface area (TPSA) is 50.1 Å². The maximum atomic E-state index is 10.7. The number of aromatic nitrogens is 2. The van der Waals surface area contributed by atoms with Crippen LogP contribution in [0.3, 0.4) is 0 Å². The molecule has 5 heteroatoms. The lowest BCUT2D eigenvalue weighted by Crippen LogP contribution is -2.45. The van der Waals surface area contributed by atoms with Gasteiger partial charge in [-0.1, -0.05) is 11.6 Å². The molecule has 1 saturated heterocycles. The minimum atomic E-state index is -0.739. The van der Waals surface area contributed by atoms with E-state index in [1.165, 1.54) is 0 Å². The van der Waals surface area contributed by atoms with Crippen molar-refractivity contribution in [3.05, 3.63) is 16.4 Å². The molecule has 2 heterocycles. The van der Waals surface area contributed by atoms with Crippen molar-refractivity contribution in [3.63, 3.8) is 0 Å². The summed E-state index contributed by atoms with van der Waals surface area (Å²) in [4.78, 5) is 0. The molecular weight excluding hydrogens is 250 g/mol. The second-order valence-electron chi connectivity index (χ2n) is 5.55. The Kier molecular flexibility index (Phi) is 3.99. The highest BCUT2D eigenvalue weighted by atomic mass is 35.5. The van der Waals surface area contributed by atoms with Crippen LogP contribution in [-0.2, 0) is 13.5 Å². The quantitative estimate of drug-likeness (QED) is 0.879. The van der Waals surface area contributed by atoms with E-state index >= 15 is 0 Å². The standard InChI is InChI=1S/C13H22ClN3O/c1-9-12(14)11(17(3)16-9)7-13(2,18)10-5-4-6-15-8-10/h10,15,18H,4-8H2,1-3H3. The van der Waals surface area contributed by atoms with Gasteiger partial charge in [-0.25, -0.2) is 0 Å². The Morgan fingerprint density at radius 1 is 1.61 bits per heavy atom. The molecule has 0 radical (unpaired) electrons. The monoisotopic (exact) mass is 271 g/mol. The fourth-order valence-electron chi connectivity index (χ4n) is 2.74. The van der Waals surface area contributed by atoms with Gasteiger partial charge in [-0.15, -0.1) is 0 Å². The highest BCUT2D eigenvalue weighted by molar-refractivity contribution is 6.31. The van der Waals surface area contributed by atoms with Crippen molar-refractivity contribution in [1.82, 2.24) is 15.1 Å². The number of aryl methyl sites for hydroxylation is 2. The smallest absolute Gasteiger partial charge is 0.0848 e. The van der Waals surface area contributed by atoms with Gasteiger partial charge in [0, 0.05) is 25.9 Å². The van der Waals surface area contributed by atoms with Crippen LogP contribution in [0.5, 0.6) is 0 Å². The summed E-state index contributed by atoms with van der Waals surface area (Å²) in [5.41, 5.74) is 1.01. The molecule has 1 fully saturated rings. The van der Waals surface area contributed by atoms with Crippen molar-refractivity contribution >= 4 is 11.6 Å². The van der Waals surface area contributed by atoms with Gasteiger partial charge in [0.15, 0.2) is 0 Å². The summed E-state index contributed by atoms with van der Waals surface area (Å²) in [6.07, 6.45) is 2.74. The molecule has 0 aliphatic carbocycles. The van der Waals surface area contributed by atoms with Crippen LogP contribution in [0.1, 0.15) is 31.2 Å². The first-order chi connectivity index (χ1) is 8.42. The summed E-state index contributed by atoms with van der Waals surface area (Å²) >= 11 is 6.25. The molecule has 1 aromatic rings. The Hall–Kier alpha value is -0.580. The number of hydrogen-bond donors (Lipinski definition) is 2. The SMILES string of the molecule is Cc1nn(C)c(CC(C)(O)C2CCCNC2)c1Cl. The Morgan fingerprint density at radius 2 is 2.33 bits per heavy atom. The van der Waals surface area contributed by atoms with Gasteiger partial charge in [-0.3, -0.25) is 4.68 Å². The van der Waals surface area contributed by atoms with Gasteiger partial charge < -0.3 is 10.4 Å². The predicted molar refractivity (Wildman–Crippen MR) is 72.9 cm³/mol. The van der Waals surface area contributed by atoms with Crippen molar-refractivity contribution in [2.45, 2.75) is 38.7 Å². The average molecular weight is 272 g/mol. The van der Waals surface area contributed by atoms with Crippen molar-refractivity contribution in [2.24, 2.45) is 13.0 Å². The highest BCUT2D eigenvalue weighted by Crippen LogP contribution is 2.30. The van der Waals surface area contributed by atoms with Gasteiger partial charge in [0.2, 0.25) is 0 Å². The van der Waals surface area contributed by atoms with Crippen LogP contribution < -0.4 is 5.32 Å². The lowest BCUT2D eigenvalue weighted by atomic mass is 9.80. The van der Waals surface area contributed by atoms with Crippen LogP contribution in [0, 0.1) is 12.8 Å². The maximum Gasteiger partial charge on any atom is 0.0848 e. The largest absolute Gasteiger partial charge is 0.389 e. The first-order valence-electron chi connectivity index (χ1n) is 6.53. The zero-order valence-electron chi connectivity index (χ0n) is 11.3. The van der Waals surface area contributed by atoms with Crippen molar-refractivity contribution < 1.29 is 5.11 Å². The molecule has 2 rings (SSSR count). The molecule has 2 N–H and O–H groups in total. The molecule has 1 aliphatic rings. The fourth-order valence-corrected chi connectivity index (χ4v) is 2.97. The van der Waals surface area contributed by atoms with Crippen LogP contribution in [0.2, 0.25) is 5.02 Å². The van der Waals surface area contributed by atoms with Crippen molar-refractivity contribution in [2.75, 3.05) is 13.1 Å². The molecule has 2 unspecified atom stereocenters. The molecule has 0 bridgehead atoms. The minimum absolute atomic E-state index is 0.275. The van der Waals surface area contributed by atoms with Gasteiger partial charge in [0.1, 0.15) is 0 Å². The van der Waals surface area contributed by atoms with E-state index in [0.717, 1.165) is 37.3 Å². The number of nitrogens with one attached hydrogen (secondary N) is 1.